The van der Waals surface area contributed by atoms with E-state index in [-0.39, 0.29) is 84.8 Å². The van der Waals surface area contributed by atoms with Crippen molar-refractivity contribution in [3.05, 3.63) is 103 Å². The Morgan fingerprint density at radius 3 is 1.71 bits per heavy atom. The number of pyridine rings is 1. The number of amides is 1. The third-order valence-corrected chi connectivity index (χ3v) is 13.6. The summed E-state index contributed by atoms with van der Waals surface area (Å²) in [7, 11) is -15.2. The number of carbonyl (C=O) groups is 2. The van der Waals surface area contributed by atoms with Crippen molar-refractivity contribution < 1.29 is 93.5 Å². The molecule has 1 amide bonds. The van der Waals surface area contributed by atoms with Crippen LogP contribution in [0.3, 0.4) is 0 Å². The highest BCUT2D eigenvalue weighted by Gasteiger charge is 2.30. The number of fused-ring (bicyclic) bond motifs is 1. The van der Waals surface area contributed by atoms with Crippen LogP contribution in [0.5, 0.6) is 28.9 Å². The second-order valence-corrected chi connectivity index (χ2v) is 20.4. The summed E-state index contributed by atoms with van der Waals surface area (Å²) in [6.45, 7) is 5.69. The molecule has 0 fully saturated rings. The van der Waals surface area contributed by atoms with Gasteiger partial charge in [0, 0.05) is 24.2 Å². The van der Waals surface area contributed by atoms with Crippen LogP contribution in [0.1, 0.15) is 52.6 Å². The number of primary amides is 1. The van der Waals surface area contributed by atoms with Gasteiger partial charge in [0.2, 0.25) is 5.88 Å². The van der Waals surface area contributed by atoms with Crippen LogP contribution in [0.15, 0.2) is 121 Å². The number of hydrogen-bond donors (Lipinski definition) is 10. The van der Waals surface area contributed by atoms with Crippen LogP contribution < -0.4 is 20.8 Å². The summed E-state index contributed by atoms with van der Waals surface area (Å²) in [5.41, 5.74) is 0.620. The summed E-state index contributed by atoms with van der Waals surface area (Å²) in [5, 5.41) is 99.2. The van der Waals surface area contributed by atoms with E-state index in [0.717, 1.165) is 34.4 Å². The number of benzene rings is 5. The second kappa shape index (κ2) is 26.3. The molecule has 0 aliphatic heterocycles. The number of hydrogen-bond acceptors (Lipinski definition) is 26. The molecule has 0 unspecified atom stereocenters. The van der Waals surface area contributed by atoms with Crippen LogP contribution in [0, 0.1) is 17.0 Å². The summed E-state index contributed by atoms with van der Waals surface area (Å²) in [4.78, 5) is 43.3. The van der Waals surface area contributed by atoms with Gasteiger partial charge in [-0.1, -0.05) is 6.92 Å². The number of aryl methyl sites for hydroxylation is 1. The van der Waals surface area contributed by atoms with E-state index in [2.05, 4.69) is 40.9 Å². The first-order valence-corrected chi connectivity index (χ1v) is 27.4. The predicted molar refractivity (Wildman–Crippen MR) is 283 cm³/mol. The number of rotatable bonds is 22. The molecule has 0 aliphatic carbocycles. The molecule has 0 bridgehead atoms. The number of aromatic hydroxyl groups is 3. The van der Waals surface area contributed by atoms with Gasteiger partial charge in [-0.2, -0.15) is 45.7 Å². The number of aromatic nitrogens is 1. The minimum atomic E-state index is -5.21. The minimum absolute atomic E-state index is 0.00311. The van der Waals surface area contributed by atoms with Crippen molar-refractivity contribution in [1.82, 2.24) is 4.57 Å². The summed E-state index contributed by atoms with van der Waals surface area (Å²) in [6.07, 6.45) is 0.538. The first-order chi connectivity index (χ1) is 38.4. The Kier molecular flexibility index (Phi) is 20.4. The van der Waals surface area contributed by atoms with Gasteiger partial charge in [0.25, 0.3) is 47.5 Å². The molecule has 0 aliphatic rings. The molecule has 1 heterocycles. The van der Waals surface area contributed by atoms with Crippen molar-refractivity contribution in [2.75, 3.05) is 33.0 Å². The van der Waals surface area contributed by atoms with E-state index in [1.165, 1.54) is 32.0 Å². The molecule has 436 valence electrons. The molecule has 0 saturated heterocycles. The van der Waals surface area contributed by atoms with E-state index in [1.807, 2.05) is 6.92 Å². The number of phenolic OH excluding ortho intramolecular Hbond substituents is 2. The van der Waals surface area contributed by atoms with E-state index in [0.29, 0.717) is 24.3 Å². The third-order valence-electron chi connectivity index (χ3n) is 11.0. The van der Waals surface area contributed by atoms with Crippen molar-refractivity contribution in [2.24, 2.45) is 46.6 Å². The van der Waals surface area contributed by atoms with Gasteiger partial charge in [0.1, 0.15) is 73.3 Å². The highest BCUT2D eigenvalue weighted by molar-refractivity contribution is 7.86. The molecule has 6 aromatic rings. The third kappa shape index (κ3) is 14.5. The summed E-state index contributed by atoms with van der Waals surface area (Å²) >= 11 is 0. The van der Waals surface area contributed by atoms with E-state index in [4.69, 9.17) is 20.3 Å². The summed E-state index contributed by atoms with van der Waals surface area (Å²) < 4.78 is 113. The normalized spacial score (nSPS) is 12.2. The standard InChI is InChI=1S/C27H32N6O10S.C19H15N5O12S2/c1-4-16-12-21(43-11-9-35)19(14-20(16)42-10-8-34)31-30-18-7-6-17(13-22(18)44(39,40)41)29-32-24-15(3)23(25(28)36)26(37)33(5-2)27(24)38;1-2-20-22-15-12(37(31,32)33)5-8-6-13(38(34,35)36)16(18(26)14(8)17(15)25)23-21-9-3-4-11(24(29)30)10(7-9)19(27)28/h6-7,12-14,34-35,37H,4-5,8-11H2,1-3H3,(H2,28,36)(H,39,40,41);3-7,25-26H,2H2,1H3,(H,27,28)(H,31,32,33)(H,34,35,36). The Bertz CT molecular complexity index is 4080. The van der Waals surface area contributed by atoms with Gasteiger partial charge in [-0.15, -0.1) is 20.5 Å². The van der Waals surface area contributed by atoms with Gasteiger partial charge in [0.15, 0.2) is 17.2 Å². The molecule has 36 heteroatoms. The highest BCUT2D eigenvalue weighted by Crippen LogP contribution is 2.50. The number of aliphatic hydroxyl groups excluding tert-OH is 2. The fraction of sp³-hybridized carbons (Fsp3) is 0.239. The first kappa shape index (κ1) is 63.5. The number of nitro benzene ring substituents is 1. The minimum Gasteiger partial charge on any atom is -0.505 e. The molecule has 1 aromatic heterocycles. The molecule has 6 rings (SSSR count). The first-order valence-electron chi connectivity index (χ1n) is 23.1. The number of nitrogens with zero attached hydrogens (tertiary/aromatic N) is 10. The Morgan fingerprint density at radius 2 is 1.21 bits per heavy atom. The van der Waals surface area contributed by atoms with Crippen LogP contribution in [0.2, 0.25) is 0 Å². The fourth-order valence-corrected chi connectivity index (χ4v) is 9.26. The Labute approximate surface area is 462 Å². The van der Waals surface area contributed by atoms with Gasteiger partial charge in [-0.3, -0.25) is 37.9 Å². The molecule has 0 spiro atoms. The lowest BCUT2D eigenvalue weighted by Gasteiger charge is -2.14. The lowest BCUT2D eigenvalue weighted by Crippen LogP contribution is -2.25. The number of ether oxygens (including phenoxy) is 2. The van der Waals surface area contributed by atoms with Crippen molar-refractivity contribution in [1.29, 1.82) is 0 Å². The zero-order chi connectivity index (χ0) is 61.2. The molecule has 5 aromatic carbocycles. The van der Waals surface area contributed by atoms with E-state index < -0.39 is 118 Å². The van der Waals surface area contributed by atoms with Crippen molar-refractivity contribution in [3.8, 4) is 28.9 Å². The van der Waals surface area contributed by atoms with E-state index in [9.17, 15) is 88.9 Å². The van der Waals surface area contributed by atoms with Crippen molar-refractivity contribution in [2.45, 2.75) is 55.3 Å². The van der Waals surface area contributed by atoms with Gasteiger partial charge in [-0.25, -0.2) is 4.79 Å². The summed E-state index contributed by atoms with van der Waals surface area (Å²) in [5.74, 6) is -4.92. The van der Waals surface area contributed by atoms with Gasteiger partial charge < -0.3 is 45.8 Å². The molecule has 0 atom stereocenters. The number of aromatic carboxylic acids is 1. The second-order valence-electron chi connectivity index (χ2n) is 16.3. The van der Waals surface area contributed by atoms with Crippen LogP contribution in [-0.4, -0.2) is 124 Å². The fourth-order valence-electron chi connectivity index (χ4n) is 7.30. The Morgan fingerprint density at radius 1 is 0.683 bits per heavy atom. The topological polar surface area (TPSA) is 527 Å². The predicted octanol–water partition coefficient (Wildman–Crippen LogP) is 7.23. The van der Waals surface area contributed by atoms with Gasteiger partial charge in [-0.05, 0) is 86.7 Å². The zero-order valence-corrected chi connectivity index (χ0v) is 45.3. The molecular weight excluding hydrogens is 1150 g/mol. The van der Waals surface area contributed by atoms with Crippen LogP contribution in [-0.2, 0) is 43.3 Å². The van der Waals surface area contributed by atoms with Gasteiger partial charge >= 0.3 is 5.97 Å². The van der Waals surface area contributed by atoms with Crippen LogP contribution in [0.4, 0.5) is 45.5 Å². The van der Waals surface area contributed by atoms with Crippen molar-refractivity contribution >= 4 is 98.5 Å². The Balaban J connectivity index is 0.000000304. The lowest BCUT2D eigenvalue weighted by atomic mass is 10.1. The molecule has 0 saturated carbocycles. The van der Waals surface area contributed by atoms with E-state index in [1.54, 1.807) is 13.0 Å². The maximum absolute atomic E-state index is 12.8. The quantitative estimate of drug-likeness (QED) is 0.0139. The average Bonchev–Trinajstić information content (AvgIpc) is 3.61. The number of carboxylic acids is 1. The SMILES string of the molecule is CCN=Nc1c(S(=O)(=O)O)cc2cc(S(=O)(=O)O)c(N=Nc3ccc([N+](=O)[O-])c(C(=O)O)c3)c(O)c2c1O.CCc1cc(OCCO)c(N=Nc2ccc(N=Nc3c(C)c(C(N)=O)c(O)n(CC)c3=O)cc2S(=O)(=O)O)cc1OCCO. The molecule has 82 heavy (non-hydrogen) atoms. The largest absolute Gasteiger partial charge is 0.505 e. The number of carbonyl (C=O) groups excluding carboxylic acids is 1. The molecule has 0 radical (unpaired) electrons. The highest BCUT2D eigenvalue weighted by atomic mass is 32.2. The number of nitrogens with two attached hydrogens (primary N) is 1. The number of nitro groups is 1. The molecule has 33 nitrogen and oxygen atoms in total. The maximum Gasteiger partial charge on any atom is 0.342 e. The van der Waals surface area contributed by atoms with Gasteiger partial charge in [0.05, 0.1) is 41.4 Å². The van der Waals surface area contributed by atoms with Crippen LogP contribution in [0.25, 0.3) is 10.8 Å². The lowest BCUT2D eigenvalue weighted by molar-refractivity contribution is -0.385. The molecule has 11 N–H and O–H groups in total. The van der Waals surface area contributed by atoms with Crippen molar-refractivity contribution in [3.63, 3.8) is 0 Å². The zero-order valence-electron chi connectivity index (χ0n) is 42.8. The monoisotopic (exact) mass is 1200 g/mol. The number of aliphatic hydroxyl groups is 2. The van der Waals surface area contributed by atoms with E-state index >= 15 is 0 Å². The average molecular weight is 1200 g/mol. The van der Waals surface area contributed by atoms with Crippen LogP contribution >= 0.6 is 0 Å². The number of azo groups is 4. The number of carboxylic acid groups (broad SMARTS) is 1. The summed E-state index contributed by atoms with van der Waals surface area (Å²) in [6, 6.07) is 10.2. The maximum atomic E-state index is 12.8. The number of phenols is 2. The molecular formula is C46H47N11O22S3. The smallest absolute Gasteiger partial charge is 0.342 e. The Hall–Kier alpha value is -9.30.